The van der Waals surface area contributed by atoms with Crippen LogP contribution < -0.4 is 5.32 Å². The highest BCUT2D eigenvalue weighted by Gasteiger charge is 2.71. The molecule has 4 saturated carbocycles. The van der Waals surface area contributed by atoms with Crippen LogP contribution in [0.2, 0.25) is 0 Å². The molecular formula is C58H95NO29. The molecule has 88 heavy (non-hydrogen) atoms. The Kier molecular flexibility index (Phi) is 20.7. The maximum Gasteiger partial charge on any atom is 0.303 e. The SMILES string of the molecule is CC(=O)O[C@H]1C[C@H](CO[C@@H]2O[C@H](CO)[C@@H](O)[C@H](O)[C@H]2O)CN[C@@]12OC1C[C@H]3[C@@H]4CC[C@H]5C[C@@H](O[C@@H]6O[C@H](CO)[C@H](O[C@@H]7O[C@H](CO)[C@@H](O)[C@H](O[C@@H]8OC[C@@H](O)[C@H](O)[C@H]8O)[C@H]7O[C@@H]7O[C@H](CO)[C@@H](O)[C@H](O)[C@H]7O)[C@H](O)[C@H]6O)CC[C@]5(C)[C@H]4CC[C@]3(C)[C@H]1[C@@H]2C. The molecule has 0 aromatic heterocycles. The van der Waals surface area contributed by atoms with Gasteiger partial charge in [0.2, 0.25) is 0 Å². The van der Waals surface area contributed by atoms with E-state index < -0.39 is 204 Å². The van der Waals surface area contributed by atoms with Crippen molar-refractivity contribution in [2.45, 2.75) is 257 Å². The Morgan fingerprint density at radius 3 is 1.78 bits per heavy atom. The van der Waals surface area contributed by atoms with E-state index in [9.17, 15) is 86.5 Å². The molecule has 11 rings (SSSR count). The predicted molar refractivity (Wildman–Crippen MR) is 289 cm³/mol. The van der Waals surface area contributed by atoms with E-state index in [0.717, 1.165) is 38.5 Å². The number of nitrogens with one attached hydrogen (secondary N) is 1. The molecule has 4 aliphatic carbocycles. The summed E-state index contributed by atoms with van der Waals surface area (Å²) in [4.78, 5) is 12.7. The fraction of sp³-hybridized carbons (Fsp3) is 0.983. The molecule has 30 nitrogen and oxygen atoms in total. The predicted octanol–water partition coefficient (Wildman–Crippen LogP) is -6.36. The third-order valence-electron chi connectivity index (χ3n) is 22.7. The molecule has 0 aromatic rings. The smallest absolute Gasteiger partial charge is 0.303 e. The second-order valence-corrected chi connectivity index (χ2v) is 27.5. The molecule has 0 radical (unpaired) electrons. The Morgan fingerprint density at radius 2 is 1.11 bits per heavy atom. The van der Waals surface area contributed by atoms with Crippen LogP contribution in [-0.4, -0.2) is 305 Å². The Hall–Kier alpha value is -1.65. The lowest BCUT2D eigenvalue weighted by atomic mass is 9.44. The molecule has 30 heteroatoms. The summed E-state index contributed by atoms with van der Waals surface area (Å²) in [5.41, 5.74) is -1.09. The van der Waals surface area contributed by atoms with Gasteiger partial charge in [0.15, 0.2) is 37.2 Å². The molecule has 11 fully saturated rings. The van der Waals surface area contributed by atoms with Crippen molar-refractivity contribution in [1.29, 1.82) is 0 Å². The lowest BCUT2D eigenvalue weighted by Gasteiger charge is -2.61. The molecule has 11 aliphatic rings. The second kappa shape index (κ2) is 26.9. The Bertz CT molecular complexity index is 2330. The molecule has 0 aromatic carbocycles. The monoisotopic (exact) mass is 1270 g/mol. The Morgan fingerprint density at radius 1 is 0.545 bits per heavy atom. The van der Waals surface area contributed by atoms with Gasteiger partial charge in [0.25, 0.3) is 0 Å². The second-order valence-electron chi connectivity index (χ2n) is 27.5. The fourth-order valence-corrected chi connectivity index (χ4v) is 18.0. The maximum absolute atomic E-state index is 12.7. The summed E-state index contributed by atoms with van der Waals surface area (Å²) in [5.74, 6) is 0.879. The number of piperidine rings is 1. The van der Waals surface area contributed by atoms with Gasteiger partial charge in [-0.1, -0.05) is 20.8 Å². The van der Waals surface area contributed by atoms with Gasteiger partial charge in [-0.05, 0) is 104 Å². The van der Waals surface area contributed by atoms with E-state index in [2.05, 4.69) is 26.1 Å². The number of carbonyl (C=O) groups excluding carboxylic acids is 1. The van der Waals surface area contributed by atoms with Gasteiger partial charge in [0.1, 0.15) is 122 Å². The van der Waals surface area contributed by atoms with Crippen LogP contribution >= 0.6 is 0 Å². The van der Waals surface area contributed by atoms with Gasteiger partial charge >= 0.3 is 5.97 Å². The molecule has 17 N–H and O–H groups in total. The van der Waals surface area contributed by atoms with Crippen LogP contribution in [0.25, 0.3) is 0 Å². The van der Waals surface area contributed by atoms with Gasteiger partial charge in [0, 0.05) is 19.4 Å². The van der Waals surface area contributed by atoms with Crippen LogP contribution in [0.4, 0.5) is 0 Å². The molecule has 7 saturated heterocycles. The quantitative estimate of drug-likeness (QED) is 0.0505. The molecular weight excluding hydrogens is 1170 g/mol. The van der Waals surface area contributed by atoms with Crippen LogP contribution in [-0.2, 0) is 61.6 Å². The van der Waals surface area contributed by atoms with E-state index in [4.69, 9.17) is 56.8 Å². The average Bonchev–Trinajstić information content (AvgIpc) is 1.50. The van der Waals surface area contributed by atoms with Crippen molar-refractivity contribution >= 4 is 5.97 Å². The van der Waals surface area contributed by atoms with E-state index in [1.54, 1.807) is 0 Å². The van der Waals surface area contributed by atoms with Gasteiger partial charge in [-0.2, -0.15) is 0 Å². The molecule has 37 atom stereocenters. The Balaban J connectivity index is 0.728. The lowest BCUT2D eigenvalue weighted by Crippen LogP contribution is -2.68. The zero-order valence-corrected chi connectivity index (χ0v) is 49.9. The number of ether oxygens (including phenoxy) is 12. The van der Waals surface area contributed by atoms with Gasteiger partial charge in [-0.15, -0.1) is 0 Å². The van der Waals surface area contributed by atoms with E-state index in [-0.39, 0.29) is 47.2 Å². The number of aliphatic hydroxyl groups excluding tert-OH is 16. The normalized spacial score (nSPS) is 55.5. The number of aliphatic hydroxyl groups is 16. The van der Waals surface area contributed by atoms with Crippen LogP contribution in [0.15, 0.2) is 0 Å². The van der Waals surface area contributed by atoms with Crippen molar-refractivity contribution in [3.05, 3.63) is 0 Å². The lowest BCUT2D eigenvalue weighted by molar-refractivity contribution is -0.404. The van der Waals surface area contributed by atoms with Crippen molar-refractivity contribution < 1.29 is 143 Å². The maximum atomic E-state index is 12.7. The minimum atomic E-state index is -2.03. The van der Waals surface area contributed by atoms with Crippen molar-refractivity contribution in [3.63, 3.8) is 0 Å². The first-order chi connectivity index (χ1) is 41.8. The standard InChI is InChI=1S/C58H95NO29/c1-21-36-30(88-58(21)35(79-22(2)64)11-23(14-59-58)19-77-51-45(74)41(70)38(67)31(15-60)81-51)13-28-26-6-5-24-12-25(7-9-56(24,3)27(26)8-10-57(28,36)4)80-53-47(76)43(72)48(34(18-63)84-53)85-55-50(87-54-46(75)42(71)39(68)32(16-61)82-54)49(40(69)33(17-62)83-55)86-52-44(73)37(66)29(65)20-78-52/h21,23-55,59-63,65-76H,5-20H2,1-4H3/t21-,23-,24-,25-,26+,27-,28-,29+,30?,31+,32+,33+,34+,35-,36-,37-,38+,39+,40+,41-,42-,43+,44+,45+,46+,47+,48-,49-,50+,51+,52-,53+,54-,55-,56-,57-,58-/m0/s1. The number of carbonyl (C=O) groups is 1. The summed E-state index contributed by atoms with van der Waals surface area (Å²) in [6.45, 7) is 5.16. The van der Waals surface area contributed by atoms with Crippen LogP contribution in [0.5, 0.6) is 0 Å². The largest absolute Gasteiger partial charge is 0.458 e. The average molecular weight is 1270 g/mol. The number of rotatable bonds is 16. The van der Waals surface area contributed by atoms with E-state index >= 15 is 0 Å². The summed E-state index contributed by atoms with van der Waals surface area (Å²) < 4.78 is 72.8. The van der Waals surface area contributed by atoms with E-state index in [1.165, 1.54) is 6.92 Å². The molecule has 1 unspecified atom stereocenters. The minimum Gasteiger partial charge on any atom is -0.458 e. The Labute approximate surface area is 508 Å². The summed E-state index contributed by atoms with van der Waals surface area (Å²) >= 11 is 0. The highest BCUT2D eigenvalue weighted by atomic mass is 16.8. The molecule has 0 amide bonds. The highest BCUT2D eigenvalue weighted by molar-refractivity contribution is 5.66. The van der Waals surface area contributed by atoms with Gasteiger partial charge in [-0.3, -0.25) is 10.1 Å². The number of esters is 1. The van der Waals surface area contributed by atoms with Crippen molar-refractivity contribution in [2.75, 3.05) is 46.2 Å². The van der Waals surface area contributed by atoms with E-state index in [0.29, 0.717) is 43.6 Å². The van der Waals surface area contributed by atoms with Crippen molar-refractivity contribution in [1.82, 2.24) is 5.32 Å². The van der Waals surface area contributed by atoms with Crippen LogP contribution in [0.3, 0.4) is 0 Å². The fourth-order valence-electron chi connectivity index (χ4n) is 18.0. The first-order valence-corrected chi connectivity index (χ1v) is 31.5. The third-order valence-corrected chi connectivity index (χ3v) is 22.7. The molecule has 7 aliphatic heterocycles. The first kappa shape index (κ1) is 67.8. The van der Waals surface area contributed by atoms with Gasteiger partial charge in [0.05, 0.1) is 51.8 Å². The first-order valence-electron chi connectivity index (χ1n) is 31.5. The van der Waals surface area contributed by atoms with Gasteiger partial charge < -0.3 is 139 Å². The summed E-state index contributed by atoms with van der Waals surface area (Å²) in [6, 6.07) is 0. The summed E-state index contributed by atoms with van der Waals surface area (Å²) in [6.07, 6.45) is -34.8. The minimum absolute atomic E-state index is 0.0503. The van der Waals surface area contributed by atoms with Crippen LogP contribution in [0.1, 0.15) is 85.5 Å². The molecule has 1 spiro atoms. The number of fused-ring (bicyclic) bond motifs is 7. The third kappa shape index (κ3) is 12.1. The number of hydrogen-bond acceptors (Lipinski definition) is 30. The molecule has 7 heterocycles. The van der Waals surface area contributed by atoms with Crippen LogP contribution in [0, 0.1) is 52.3 Å². The summed E-state index contributed by atoms with van der Waals surface area (Å²) in [7, 11) is 0. The zero-order chi connectivity index (χ0) is 63.2. The number of hydrogen-bond donors (Lipinski definition) is 17. The topological polar surface area (TPSA) is 464 Å². The highest BCUT2D eigenvalue weighted by Crippen LogP contribution is 2.71. The van der Waals surface area contributed by atoms with Crippen molar-refractivity contribution in [3.8, 4) is 0 Å². The molecule has 0 bridgehead atoms. The zero-order valence-electron chi connectivity index (χ0n) is 49.9. The summed E-state index contributed by atoms with van der Waals surface area (Å²) in [5, 5.41) is 175. The van der Waals surface area contributed by atoms with Crippen molar-refractivity contribution in [2.24, 2.45) is 52.3 Å². The molecule has 506 valence electrons. The van der Waals surface area contributed by atoms with Gasteiger partial charge in [-0.25, -0.2) is 0 Å². The van der Waals surface area contributed by atoms with E-state index in [1.807, 2.05) is 0 Å².